The third-order valence-corrected chi connectivity index (χ3v) is 3.67. The second-order valence-electron chi connectivity index (χ2n) is 5.62. The summed E-state index contributed by atoms with van der Waals surface area (Å²) in [6.45, 7) is 0.645. The van der Waals surface area contributed by atoms with Gasteiger partial charge in [-0.3, -0.25) is 19.2 Å². The van der Waals surface area contributed by atoms with Crippen molar-refractivity contribution in [1.29, 1.82) is 0 Å². The number of hydrogen-bond donors (Lipinski definition) is 8. The lowest BCUT2D eigenvalue weighted by Crippen LogP contribution is -2.56. The van der Waals surface area contributed by atoms with E-state index in [1.165, 1.54) is 6.92 Å². The maximum atomic E-state index is 12.0. The highest BCUT2D eigenvalue weighted by molar-refractivity contribution is 7.80. The number of aliphatic hydroxyl groups is 1. The third kappa shape index (κ3) is 9.77. The molecule has 0 spiro atoms. The Bertz CT molecular complexity index is 571. The number of carbonyl (C=O) groups is 5. The van der Waals surface area contributed by atoms with Crippen molar-refractivity contribution in [3.8, 4) is 0 Å². The first-order valence-corrected chi connectivity index (χ1v) is 8.49. The van der Waals surface area contributed by atoms with Crippen LogP contribution in [0.5, 0.6) is 0 Å². The highest BCUT2D eigenvalue weighted by atomic mass is 32.1. The summed E-state index contributed by atoms with van der Waals surface area (Å²) in [4.78, 5) is 56.9. The van der Waals surface area contributed by atoms with E-state index in [1.54, 1.807) is 0 Å². The van der Waals surface area contributed by atoms with Gasteiger partial charge in [-0.15, -0.1) is 0 Å². The minimum Gasteiger partial charge on any atom is -0.481 e. The fourth-order valence-corrected chi connectivity index (χ4v) is 2.05. The molecule has 0 aliphatic carbocycles. The summed E-state index contributed by atoms with van der Waals surface area (Å²) >= 11 is 3.90. The zero-order chi connectivity index (χ0) is 21.1. The Kier molecular flexibility index (Phi) is 11.0. The molecule has 8 N–H and O–H groups in total. The number of aliphatic hydroxyl groups excluding tert-OH is 1. The minimum absolute atomic E-state index is 0.111. The Labute approximate surface area is 160 Å². The van der Waals surface area contributed by atoms with Crippen molar-refractivity contribution < 1.29 is 39.3 Å². The van der Waals surface area contributed by atoms with Gasteiger partial charge in [-0.05, 0) is 13.3 Å². The van der Waals surface area contributed by atoms with Crippen LogP contribution in [0.1, 0.15) is 19.8 Å². The summed E-state index contributed by atoms with van der Waals surface area (Å²) in [6, 6.07) is -3.89. The predicted molar refractivity (Wildman–Crippen MR) is 94.9 cm³/mol. The van der Waals surface area contributed by atoms with Gasteiger partial charge in [0.2, 0.25) is 17.7 Å². The van der Waals surface area contributed by atoms with Crippen LogP contribution >= 0.6 is 12.6 Å². The van der Waals surface area contributed by atoms with E-state index in [0.717, 1.165) is 0 Å². The molecule has 0 bridgehead atoms. The summed E-state index contributed by atoms with van der Waals surface area (Å²) in [5.41, 5.74) is 5.48. The van der Waals surface area contributed by atoms with Crippen LogP contribution in [0, 0.1) is 0 Å². The molecule has 0 saturated heterocycles. The Morgan fingerprint density at radius 2 is 1.67 bits per heavy atom. The normalized spacial score (nSPS) is 15.0. The lowest BCUT2D eigenvalue weighted by atomic mass is 10.1. The van der Waals surface area contributed by atoms with Gasteiger partial charge < -0.3 is 37.0 Å². The average Bonchev–Trinajstić information content (AvgIpc) is 2.58. The first-order chi connectivity index (χ1) is 12.5. The molecule has 0 rings (SSSR count). The molecule has 0 heterocycles. The number of carboxylic acid groups (broad SMARTS) is 2. The highest BCUT2D eigenvalue weighted by Crippen LogP contribution is 1.97. The zero-order valence-electron chi connectivity index (χ0n) is 14.5. The smallest absolute Gasteiger partial charge is 0.328 e. The minimum atomic E-state index is -1.57. The van der Waals surface area contributed by atoms with E-state index in [-0.39, 0.29) is 18.6 Å². The molecule has 0 aliphatic rings. The van der Waals surface area contributed by atoms with Crippen molar-refractivity contribution >= 4 is 42.3 Å². The van der Waals surface area contributed by atoms with E-state index in [9.17, 15) is 29.1 Å². The van der Waals surface area contributed by atoms with E-state index in [1.807, 2.05) is 0 Å². The molecule has 0 saturated carbocycles. The van der Waals surface area contributed by atoms with E-state index < -0.39 is 60.4 Å². The molecule has 0 radical (unpaired) electrons. The van der Waals surface area contributed by atoms with Gasteiger partial charge in [-0.1, -0.05) is 0 Å². The monoisotopic (exact) mass is 408 g/mol. The third-order valence-electron chi connectivity index (χ3n) is 3.31. The first kappa shape index (κ1) is 24.6. The maximum absolute atomic E-state index is 12.0. The van der Waals surface area contributed by atoms with Crippen LogP contribution in [0.3, 0.4) is 0 Å². The molecule has 12 nitrogen and oxygen atoms in total. The number of carboxylic acids is 2. The number of aliphatic carboxylic acids is 2. The second kappa shape index (κ2) is 12.1. The fraction of sp³-hybridized carbons (Fsp3) is 0.643. The van der Waals surface area contributed by atoms with Gasteiger partial charge in [0.1, 0.15) is 6.04 Å². The number of nitrogens with two attached hydrogens (primary N) is 1. The summed E-state index contributed by atoms with van der Waals surface area (Å²) < 4.78 is 0. The Morgan fingerprint density at radius 1 is 1.07 bits per heavy atom. The quantitative estimate of drug-likeness (QED) is 0.152. The van der Waals surface area contributed by atoms with Crippen molar-refractivity contribution in [3.63, 3.8) is 0 Å². The van der Waals surface area contributed by atoms with Gasteiger partial charge in [0, 0.05) is 12.2 Å². The number of carbonyl (C=O) groups excluding carboxylic acids is 3. The van der Waals surface area contributed by atoms with Gasteiger partial charge in [0.15, 0.2) is 6.04 Å². The van der Waals surface area contributed by atoms with E-state index in [0.29, 0.717) is 0 Å². The summed E-state index contributed by atoms with van der Waals surface area (Å²) in [7, 11) is 0. The largest absolute Gasteiger partial charge is 0.481 e. The van der Waals surface area contributed by atoms with Gasteiger partial charge in [0.25, 0.3) is 0 Å². The van der Waals surface area contributed by atoms with Crippen molar-refractivity contribution in [2.24, 2.45) is 5.73 Å². The molecule has 0 aromatic heterocycles. The number of rotatable bonds is 12. The molecule has 0 fully saturated rings. The molecule has 0 aliphatic heterocycles. The van der Waals surface area contributed by atoms with Gasteiger partial charge in [-0.25, -0.2) is 4.79 Å². The molecule has 0 aromatic rings. The highest BCUT2D eigenvalue weighted by Gasteiger charge is 2.29. The van der Waals surface area contributed by atoms with Crippen molar-refractivity contribution in [2.75, 3.05) is 12.3 Å². The van der Waals surface area contributed by atoms with Gasteiger partial charge in [-0.2, -0.15) is 12.6 Å². The second-order valence-corrected chi connectivity index (χ2v) is 5.99. The molecule has 3 amide bonds. The van der Waals surface area contributed by atoms with Crippen LogP contribution < -0.4 is 21.7 Å². The van der Waals surface area contributed by atoms with E-state index in [2.05, 4.69) is 28.6 Å². The molecule has 4 atom stereocenters. The first-order valence-electron chi connectivity index (χ1n) is 7.86. The molecule has 4 unspecified atom stereocenters. The molecule has 0 aromatic carbocycles. The average molecular weight is 408 g/mol. The number of nitrogens with one attached hydrogen (secondary N) is 3. The Hall–Kier alpha value is -2.38. The molecular formula is C14H24N4O8S. The molecule has 27 heavy (non-hydrogen) atoms. The van der Waals surface area contributed by atoms with Crippen molar-refractivity contribution in [2.45, 2.75) is 44.0 Å². The van der Waals surface area contributed by atoms with Crippen LogP contribution in [0.25, 0.3) is 0 Å². The van der Waals surface area contributed by atoms with Crippen LogP contribution in [-0.4, -0.2) is 81.5 Å². The van der Waals surface area contributed by atoms with Gasteiger partial charge in [0.05, 0.1) is 18.7 Å². The summed E-state index contributed by atoms with van der Waals surface area (Å²) in [5.74, 6) is -5.13. The van der Waals surface area contributed by atoms with Crippen molar-refractivity contribution in [1.82, 2.24) is 16.0 Å². The molecule has 13 heteroatoms. The van der Waals surface area contributed by atoms with Crippen LogP contribution in [0.4, 0.5) is 0 Å². The predicted octanol–water partition coefficient (Wildman–Crippen LogP) is -3.34. The lowest BCUT2D eigenvalue weighted by molar-refractivity contribution is -0.145. The van der Waals surface area contributed by atoms with Crippen LogP contribution in [-0.2, 0) is 24.0 Å². The standard InChI is InChI=1S/C14H24N4O8S/c1-6(19)11(14(25)26)18-13(24)8(5-27)17-9(20)4-16-12(23)7(15)2-3-10(21)22/h6-8,11,19,27H,2-5,15H2,1H3,(H,16,23)(H,17,20)(H,18,24)(H,21,22)(H,25,26). The zero-order valence-corrected chi connectivity index (χ0v) is 15.4. The molecule has 154 valence electrons. The van der Waals surface area contributed by atoms with Gasteiger partial charge >= 0.3 is 11.9 Å². The number of hydrogen-bond acceptors (Lipinski definition) is 8. The van der Waals surface area contributed by atoms with Crippen LogP contribution in [0.2, 0.25) is 0 Å². The van der Waals surface area contributed by atoms with Crippen molar-refractivity contribution in [3.05, 3.63) is 0 Å². The Morgan fingerprint density at radius 3 is 2.11 bits per heavy atom. The lowest BCUT2D eigenvalue weighted by Gasteiger charge is -2.21. The topological polar surface area (TPSA) is 208 Å². The summed E-state index contributed by atoms with van der Waals surface area (Å²) in [6.07, 6.45) is -1.79. The van der Waals surface area contributed by atoms with E-state index >= 15 is 0 Å². The fourth-order valence-electron chi connectivity index (χ4n) is 1.79. The summed E-state index contributed by atoms with van der Waals surface area (Å²) in [5, 5.41) is 33.3. The Balaban J connectivity index is 4.55. The SMILES string of the molecule is CC(O)C(NC(=O)C(CS)NC(=O)CNC(=O)C(N)CCC(=O)O)C(=O)O. The molecular weight excluding hydrogens is 384 g/mol. The van der Waals surface area contributed by atoms with E-state index in [4.69, 9.17) is 15.9 Å². The maximum Gasteiger partial charge on any atom is 0.328 e. The number of thiol groups is 1. The van der Waals surface area contributed by atoms with Crippen LogP contribution in [0.15, 0.2) is 0 Å². The number of amides is 3.